The molecule has 1 heterocycles. The van der Waals surface area contributed by atoms with Gasteiger partial charge >= 0.3 is 6.18 Å². The summed E-state index contributed by atoms with van der Waals surface area (Å²) in [5, 5.41) is 4.62. The molecule has 0 aliphatic rings. The van der Waals surface area contributed by atoms with E-state index in [-0.39, 0.29) is 5.69 Å². The van der Waals surface area contributed by atoms with Crippen molar-refractivity contribution in [1.29, 1.82) is 0 Å². The lowest BCUT2D eigenvalue weighted by atomic mass is 10.2. The van der Waals surface area contributed by atoms with Crippen LogP contribution in [0.4, 0.5) is 23.2 Å². The van der Waals surface area contributed by atoms with E-state index in [4.69, 9.17) is 0 Å². The summed E-state index contributed by atoms with van der Waals surface area (Å²) in [4.78, 5) is 4.05. The van der Waals surface area contributed by atoms with Gasteiger partial charge in [-0.3, -0.25) is 0 Å². The average Bonchev–Trinajstić information content (AvgIpc) is 2.83. The van der Waals surface area contributed by atoms with Crippen molar-refractivity contribution in [2.45, 2.75) is 12.6 Å². The summed E-state index contributed by atoms with van der Waals surface area (Å²) in [7, 11) is 0. The van der Waals surface area contributed by atoms with Crippen LogP contribution >= 0.6 is 11.3 Å². The Bertz CT molecular complexity index is 537. The van der Waals surface area contributed by atoms with Crippen LogP contribution < -0.4 is 5.32 Å². The van der Waals surface area contributed by atoms with Gasteiger partial charge in [0.2, 0.25) is 0 Å². The maximum atomic E-state index is 13.5. The van der Waals surface area contributed by atoms with Crippen molar-refractivity contribution in [3.63, 3.8) is 0 Å². The number of hydrogen-bond donors (Lipinski definition) is 1. The topological polar surface area (TPSA) is 24.9 Å². The van der Waals surface area contributed by atoms with Crippen molar-refractivity contribution >= 4 is 17.0 Å². The minimum absolute atomic E-state index is 0.0585. The molecule has 2 aromatic rings. The standard InChI is InChI=1S/C12H10F4N2S/c13-10-5-8(12(14,15)16)1-2-11(10)17-4-3-9-6-19-7-18-9/h1-2,5-7,17H,3-4H2. The van der Waals surface area contributed by atoms with Crippen LogP contribution in [0.25, 0.3) is 0 Å². The quantitative estimate of drug-likeness (QED) is 0.862. The number of nitrogens with one attached hydrogen (secondary N) is 1. The van der Waals surface area contributed by atoms with Gasteiger partial charge in [0.15, 0.2) is 0 Å². The number of aromatic nitrogens is 1. The number of rotatable bonds is 4. The SMILES string of the molecule is Fc1cc(C(F)(F)F)ccc1NCCc1cscn1. The summed E-state index contributed by atoms with van der Waals surface area (Å²) >= 11 is 1.46. The third-order valence-corrected chi connectivity index (χ3v) is 3.11. The molecule has 0 aliphatic carbocycles. The van der Waals surface area contributed by atoms with Gasteiger partial charge in [-0.2, -0.15) is 13.2 Å². The van der Waals surface area contributed by atoms with Gasteiger partial charge in [-0.15, -0.1) is 11.3 Å². The molecule has 1 aromatic carbocycles. The largest absolute Gasteiger partial charge is 0.416 e. The van der Waals surface area contributed by atoms with Crippen LogP contribution in [0.3, 0.4) is 0 Å². The Labute approximate surface area is 111 Å². The van der Waals surface area contributed by atoms with Gasteiger partial charge in [-0.05, 0) is 18.2 Å². The number of alkyl halides is 3. The molecular weight excluding hydrogens is 280 g/mol. The highest BCUT2D eigenvalue weighted by atomic mass is 32.1. The third kappa shape index (κ3) is 3.66. The number of thiazole rings is 1. The monoisotopic (exact) mass is 290 g/mol. The Morgan fingerprint density at radius 1 is 1.26 bits per heavy atom. The first kappa shape index (κ1) is 13.8. The van der Waals surface area contributed by atoms with Gasteiger partial charge < -0.3 is 5.32 Å². The van der Waals surface area contributed by atoms with E-state index in [9.17, 15) is 17.6 Å². The van der Waals surface area contributed by atoms with E-state index in [0.717, 1.165) is 17.8 Å². The predicted molar refractivity (Wildman–Crippen MR) is 65.7 cm³/mol. The molecule has 7 heteroatoms. The zero-order valence-electron chi connectivity index (χ0n) is 9.67. The molecule has 0 radical (unpaired) electrons. The Hall–Kier alpha value is -1.63. The molecule has 1 aromatic heterocycles. The Balaban J connectivity index is 1.97. The second-order valence-corrected chi connectivity index (χ2v) is 4.57. The van der Waals surface area contributed by atoms with Gasteiger partial charge in [0.05, 0.1) is 22.5 Å². The van der Waals surface area contributed by atoms with Crippen molar-refractivity contribution in [1.82, 2.24) is 4.98 Å². The summed E-state index contributed by atoms with van der Waals surface area (Å²) in [6.07, 6.45) is -3.94. The second-order valence-electron chi connectivity index (χ2n) is 3.85. The number of hydrogen-bond acceptors (Lipinski definition) is 3. The highest BCUT2D eigenvalue weighted by Gasteiger charge is 2.31. The van der Waals surface area contributed by atoms with Gasteiger partial charge in [-0.25, -0.2) is 9.37 Å². The van der Waals surface area contributed by atoms with E-state index in [2.05, 4.69) is 10.3 Å². The first-order valence-electron chi connectivity index (χ1n) is 5.44. The first-order chi connectivity index (χ1) is 8.97. The van der Waals surface area contributed by atoms with E-state index in [0.29, 0.717) is 19.0 Å². The number of anilines is 1. The smallest absolute Gasteiger partial charge is 0.382 e. The fourth-order valence-electron chi connectivity index (χ4n) is 1.52. The lowest BCUT2D eigenvalue weighted by Gasteiger charge is -2.10. The maximum Gasteiger partial charge on any atom is 0.416 e. The van der Waals surface area contributed by atoms with Crippen molar-refractivity contribution in [2.24, 2.45) is 0 Å². The summed E-state index contributed by atoms with van der Waals surface area (Å²) < 4.78 is 50.5. The van der Waals surface area contributed by atoms with E-state index in [1.807, 2.05) is 5.38 Å². The van der Waals surface area contributed by atoms with E-state index in [1.165, 1.54) is 11.3 Å². The third-order valence-electron chi connectivity index (χ3n) is 2.48. The first-order valence-corrected chi connectivity index (χ1v) is 6.39. The molecule has 102 valence electrons. The van der Waals surface area contributed by atoms with E-state index >= 15 is 0 Å². The molecule has 0 unspecified atom stereocenters. The van der Waals surface area contributed by atoms with Crippen LogP contribution in [0.1, 0.15) is 11.3 Å². The molecule has 0 saturated heterocycles. The zero-order chi connectivity index (χ0) is 13.9. The molecule has 0 saturated carbocycles. The highest BCUT2D eigenvalue weighted by Crippen LogP contribution is 2.31. The van der Waals surface area contributed by atoms with Crippen LogP contribution in [0, 0.1) is 5.82 Å². The van der Waals surface area contributed by atoms with E-state index in [1.54, 1.807) is 5.51 Å². The summed E-state index contributed by atoms with van der Waals surface area (Å²) in [6, 6.07) is 2.44. The van der Waals surface area contributed by atoms with Crippen molar-refractivity contribution in [3.05, 3.63) is 46.2 Å². The molecule has 0 amide bonds. The molecular formula is C12H10F4N2S. The molecule has 0 fully saturated rings. The van der Waals surface area contributed by atoms with Gasteiger partial charge in [-0.1, -0.05) is 0 Å². The van der Waals surface area contributed by atoms with Gasteiger partial charge in [0.25, 0.3) is 0 Å². The molecule has 0 spiro atoms. The summed E-state index contributed by atoms with van der Waals surface area (Å²) in [6.45, 7) is 0.409. The second kappa shape index (κ2) is 5.56. The van der Waals surface area contributed by atoms with Crippen LogP contribution in [0.15, 0.2) is 29.1 Å². The van der Waals surface area contributed by atoms with Crippen molar-refractivity contribution in [2.75, 3.05) is 11.9 Å². The molecule has 1 N–H and O–H groups in total. The van der Waals surface area contributed by atoms with Crippen molar-refractivity contribution < 1.29 is 17.6 Å². The number of halogens is 4. The molecule has 0 bridgehead atoms. The normalized spacial score (nSPS) is 11.6. The predicted octanol–water partition coefficient (Wildman–Crippen LogP) is 3.96. The van der Waals surface area contributed by atoms with Crippen LogP contribution in [0.5, 0.6) is 0 Å². The molecule has 0 atom stereocenters. The Morgan fingerprint density at radius 2 is 2.05 bits per heavy atom. The van der Waals surface area contributed by atoms with Crippen LogP contribution in [-0.4, -0.2) is 11.5 Å². The van der Waals surface area contributed by atoms with E-state index < -0.39 is 17.6 Å². The fraction of sp³-hybridized carbons (Fsp3) is 0.250. The van der Waals surface area contributed by atoms with Crippen LogP contribution in [-0.2, 0) is 12.6 Å². The minimum Gasteiger partial charge on any atom is -0.382 e. The number of nitrogens with zero attached hydrogens (tertiary/aromatic N) is 1. The van der Waals surface area contributed by atoms with Crippen LogP contribution in [0.2, 0.25) is 0 Å². The summed E-state index contributed by atoms with van der Waals surface area (Å²) in [5.41, 5.74) is 1.62. The minimum atomic E-state index is -4.53. The lowest BCUT2D eigenvalue weighted by Crippen LogP contribution is -2.09. The fourth-order valence-corrected chi connectivity index (χ4v) is 2.11. The zero-order valence-corrected chi connectivity index (χ0v) is 10.5. The average molecular weight is 290 g/mol. The molecule has 2 nitrogen and oxygen atoms in total. The van der Waals surface area contributed by atoms with Gasteiger partial charge in [0, 0.05) is 18.3 Å². The highest BCUT2D eigenvalue weighted by molar-refractivity contribution is 7.07. The van der Waals surface area contributed by atoms with Crippen molar-refractivity contribution in [3.8, 4) is 0 Å². The lowest BCUT2D eigenvalue weighted by molar-refractivity contribution is -0.137. The Kier molecular flexibility index (Phi) is 4.04. The molecule has 2 rings (SSSR count). The molecule has 19 heavy (non-hydrogen) atoms. The molecule has 0 aliphatic heterocycles. The maximum absolute atomic E-state index is 13.5. The number of benzene rings is 1. The van der Waals surface area contributed by atoms with Gasteiger partial charge in [0.1, 0.15) is 5.82 Å². The summed E-state index contributed by atoms with van der Waals surface area (Å²) in [5.74, 6) is -0.909. The Morgan fingerprint density at radius 3 is 2.63 bits per heavy atom.